The van der Waals surface area contributed by atoms with E-state index in [0.29, 0.717) is 19.0 Å². The van der Waals surface area contributed by atoms with Crippen molar-refractivity contribution in [3.05, 3.63) is 65.2 Å². The molecule has 0 spiro atoms. The van der Waals surface area contributed by atoms with E-state index in [2.05, 4.69) is 19.2 Å². The number of hydrogen-bond donors (Lipinski definition) is 1. The van der Waals surface area contributed by atoms with E-state index in [1.54, 1.807) is 4.90 Å². The van der Waals surface area contributed by atoms with Crippen LogP contribution < -0.4 is 10.2 Å². The minimum absolute atomic E-state index is 0.00492. The number of nitrogens with zero attached hydrogens (tertiary/aromatic N) is 1. The molecule has 0 bridgehead atoms. The summed E-state index contributed by atoms with van der Waals surface area (Å²) in [5.41, 5.74) is 3.85. The lowest BCUT2D eigenvalue weighted by Gasteiger charge is -2.23. The van der Waals surface area contributed by atoms with Crippen molar-refractivity contribution in [2.45, 2.75) is 33.7 Å². The van der Waals surface area contributed by atoms with Crippen LogP contribution in [-0.2, 0) is 27.3 Å². The topological polar surface area (TPSA) is 58.6 Å². The fourth-order valence-corrected chi connectivity index (χ4v) is 2.80. The first-order valence-corrected chi connectivity index (χ1v) is 9.59. The van der Waals surface area contributed by atoms with Gasteiger partial charge in [-0.2, -0.15) is 0 Å². The van der Waals surface area contributed by atoms with Crippen molar-refractivity contribution >= 4 is 17.5 Å². The van der Waals surface area contributed by atoms with E-state index in [0.717, 1.165) is 16.8 Å². The second kappa shape index (κ2) is 10.6. The average molecular weight is 383 g/mol. The molecule has 5 nitrogen and oxygen atoms in total. The van der Waals surface area contributed by atoms with Crippen LogP contribution in [0, 0.1) is 12.8 Å². The standard InChI is InChI=1S/C23H30N2O3/c1-17(2)14-24-22(26)13-20-6-5-7-21(12-20)25(23(27)16-28-4)15-19-10-8-18(3)9-11-19/h5-12,17H,13-16H2,1-4H3,(H,24,26). The van der Waals surface area contributed by atoms with Gasteiger partial charge in [0, 0.05) is 19.3 Å². The van der Waals surface area contributed by atoms with Crippen LogP contribution in [0.2, 0.25) is 0 Å². The first kappa shape index (κ1) is 21.6. The van der Waals surface area contributed by atoms with E-state index in [1.807, 2.05) is 55.5 Å². The highest BCUT2D eigenvalue weighted by molar-refractivity contribution is 5.94. The fraction of sp³-hybridized carbons (Fsp3) is 0.391. The molecule has 0 radical (unpaired) electrons. The van der Waals surface area contributed by atoms with Gasteiger partial charge in [-0.3, -0.25) is 9.59 Å². The summed E-state index contributed by atoms with van der Waals surface area (Å²) in [6.45, 7) is 7.27. The molecule has 0 aliphatic heterocycles. The maximum atomic E-state index is 12.6. The molecule has 0 aliphatic rings. The van der Waals surface area contributed by atoms with E-state index in [9.17, 15) is 9.59 Å². The normalized spacial score (nSPS) is 10.8. The van der Waals surface area contributed by atoms with E-state index < -0.39 is 0 Å². The van der Waals surface area contributed by atoms with E-state index in [1.165, 1.54) is 12.7 Å². The molecule has 0 saturated carbocycles. The Morgan fingerprint density at radius 3 is 2.43 bits per heavy atom. The fourth-order valence-electron chi connectivity index (χ4n) is 2.80. The van der Waals surface area contributed by atoms with Crippen molar-refractivity contribution in [2.75, 3.05) is 25.2 Å². The number of carbonyl (C=O) groups excluding carboxylic acids is 2. The zero-order valence-electron chi connectivity index (χ0n) is 17.2. The molecule has 1 N–H and O–H groups in total. The van der Waals surface area contributed by atoms with Crippen LogP contribution >= 0.6 is 0 Å². The van der Waals surface area contributed by atoms with Gasteiger partial charge < -0.3 is 15.0 Å². The van der Waals surface area contributed by atoms with Crippen LogP contribution in [0.15, 0.2) is 48.5 Å². The third kappa shape index (κ3) is 6.82. The van der Waals surface area contributed by atoms with Crippen molar-refractivity contribution in [2.24, 2.45) is 5.92 Å². The average Bonchev–Trinajstić information content (AvgIpc) is 2.66. The Labute approximate surface area is 167 Å². The molecular weight excluding hydrogens is 352 g/mol. The van der Waals surface area contributed by atoms with Gasteiger partial charge >= 0.3 is 0 Å². The van der Waals surface area contributed by atoms with Crippen LogP contribution in [0.1, 0.15) is 30.5 Å². The van der Waals surface area contributed by atoms with Gasteiger partial charge in [0.2, 0.25) is 5.91 Å². The third-order valence-corrected chi connectivity index (χ3v) is 4.32. The molecule has 0 fully saturated rings. The number of hydrogen-bond acceptors (Lipinski definition) is 3. The van der Waals surface area contributed by atoms with Crippen molar-refractivity contribution < 1.29 is 14.3 Å². The molecule has 28 heavy (non-hydrogen) atoms. The molecule has 0 aromatic heterocycles. The second-order valence-corrected chi connectivity index (χ2v) is 7.44. The van der Waals surface area contributed by atoms with Gasteiger partial charge in [-0.25, -0.2) is 0 Å². The van der Waals surface area contributed by atoms with Gasteiger partial charge in [0.1, 0.15) is 6.61 Å². The summed E-state index contributed by atoms with van der Waals surface area (Å²) in [5.74, 6) is 0.274. The van der Waals surface area contributed by atoms with Gasteiger partial charge in [0.25, 0.3) is 5.91 Å². The predicted octanol–water partition coefficient (Wildman–Crippen LogP) is 3.49. The van der Waals surface area contributed by atoms with Crippen LogP contribution in [0.5, 0.6) is 0 Å². The van der Waals surface area contributed by atoms with Gasteiger partial charge in [0.05, 0.1) is 13.0 Å². The Balaban J connectivity index is 2.19. The first-order valence-electron chi connectivity index (χ1n) is 9.59. The number of rotatable bonds is 9. The third-order valence-electron chi connectivity index (χ3n) is 4.32. The summed E-state index contributed by atoms with van der Waals surface area (Å²) < 4.78 is 5.06. The highest BCUT2D eigenvalue weighted by Gasteiger charge is 2.17. The maximum Gasteiger partial charge on any atom is 0.253 e. The quantitative estimate of drug-likeness (QED) is 0.722. The monoisotopic (exact) mass is 382 g/mol. The number of ether oxygens (including phenoxy) is 1. The molecule has 2 aromatic carbocycles. The molecule has 0 saturated heterocycles. The van der Waals surface area contributed by atoms with Crippen molar-refractivity contribution in [3.8, 4) is 0 Å². The molecule has 0 atom stereocenters. The van der Waals surface area contributed by atoms with Crippen LogP contribution in [0.3, 0.4) is 0 Å². The van der Waals surface area contributed by atoms with Crippen molar-refractivity contribution in [1.82, 2.24) is 5.32 Å². The van der Waals surface area contributed by atoms with E-state index >= 15 is 0 Å². The van der Waals surface area contributed by atoms with E-state index in [-0.39, 0.29) is 24.8 Å². The van der Waals surface area contributed by atoms with Crippen LogP contribution in [0.4, 0.5) is 5.69 Å². The van der Waals surface area contributed by atoms with E-state index in [4.69, 9.17) is 4.74 Å². The first-order chi connectivity index (χ1) is 13.4. The molecule has 2 rings (SSSR count). The Morgan fingerprint density at radius 2 is 1.79 bits per heavy atom. The van der Waals surface area contributed by atoms with Crippen molar-refractivity contribution in [1.29, 1.82) is 0 Å². The summed E-state index contributed by atoms with van der Waals surface area (Å²) in [6, 6.07) is 15.7. The largest absolute Gasteiger partial charge is 0.375 e. The SMILES string of the molecule is COCC(=O)N(Cc1ccc(C)cc1)c1cccc(CC(=O)NCC(C)C)c1. The summed E-state index contributed by atoms with van der Waals surface area (Å²) in [6.07, 6.45) is 0.289. The van der Waals surface area contributed by atoms with Crippen LogP contribution in [0.25, 0.3) is 0 Å². The zero-order chi connectivity index (χ0) is 20.5. The molecule has 0 heterocycles. The number of nitrogens with one attached hydrogen (secondary N) is 1. The minimum Gasteiger partial charge on any atom is -0.375 e. The Morgan fingerprint density at radius 1 is 1.07 bits per heavy atom. The predicted molar refractivity (Wildman–Crippen MR) is 112 cm³/mol. The molecule has 2 amide bonds. The van der Waals surface area contributed by atoms with Crippen LogP contribution in [-0.4, -0.2) is 32.1 Å². The van der Waals surface area contributed by atoms with Gasteiger partial charge in [0.15, 0.2) is 0 Å². The smallest absolute Gasteiger partial charge is 0.253 e. The molecule has 5 heteroatoms. The van der Waals surface area contributed by atoms with Gasteiger partial charge in [-0.15, -0.1) is 0 Å². The summed E-state index contributed by atoms with van der Waals surface area (Å²) in [7, 11) is 1.51. The Kier molecular flexibility index (Phi) is 8.20. The number of methoxy groups -OCH3 is 1. The number of carbonyl (C=O) groups is 2. The van der Waals surface area contributed by atoms with Crippen molar-refractivity contribution in [3.63, 3.8) is 0 Å². The molecule has 0 aliphatic carbocycles. The lowest BCUT2D eigenvalue weighted by molar-refractivity contribution is -0.122. The molecular formula is C23H30N2O3. The van der Waals surface area contributed by atoms with Gasteiger partial charge in [-0.1, -0.05) is 55.8 Å². The minimum atomic E-state index is -0.121. The summed E-state index contributed by atoms with van der Waals surface area (Å²) in [4.78, 5) is 26.5. The Hall–Kier alpha value is -2.66. The number of aryl methyl sites for hydroxylation is 1. The highest BCUT2D eigenvalue weighted by Crippen LogP contribution is 2.20. The molecule has 0 unspecified atom stereocenters. The second-order valence-electron chi connectivity index (χ2n) is 7.44. The lowest BCUT2D eigenvalue weighted by atomic mass is 10.1. The molecule has 150 valence electrons. The Bertz CT molecular complexity index is 785. The number of benzene rings is 2. The highest BCUT2D eigenvalue weighted by atomic mass is 16.5. The summed E-state index contributed by atoms with van der Waals surface area (Å²) in [5, 5.41) is 2.93. The number of amides is 2. The van der Waals surface area contributed by atoms with Gasteiger partial charge in [-0.05, 0) is 36.1 Å². The number of anilines is 1. The zero-order valence-corrected chi connectivity index (χ0v) is 17.2. The summed E-state index contributed by atoms with van der Waals surface area (Å²) >= 11 is 0. The lowest BCUT2D eigenvalue weighted by Crippen LogP contribution is -2.33. The molecule has 2 aromatic rings. The maximum absolute atomic E-state index is 12.6.